The molecule has 0 N–H and O–H groups in total. The third-order valence-electron chi connectivity index (χ3n) is 15.9. The first-order valence-corrected chi connectivity index (χ1v) is 26.8. The molecule has 3 fully saturated rings. The van der Waals surface area contributed by atoms with Gasteiger partial charge in [-0.2, -0.15) is 0 Å². The van der Waals surface area contributed by atoms with Crippen molar-refractivity contribution in [2.24, 2.45) is 40.4 Å². The predicted octanol–water partition coefficient (Wildman–Crippen LogP) is 9.82. The van der Waals surface area contributed by atoms with Crippen LogP contribution in [0.15, 0.2) is 72.3 Å². The lowest BCUT2D eigenvalue weighted by molar-refractivity contribution is -0.236. The number of carbonyl (C=O) groups excluding carboxylic acids is 3. The molecule has 4 aliphatic rings. The SMILES string of the molecule is CC(=O)O[C@@H]1[C@@H]2[C@H](CC[C@]3(C)C([C@H](C)C(C)O[Si](C)(C)C(C)(C)C)=CC(=O)[C@@H]23)[C@@]2(C)CC[C@H](O[Si](c3ccccc3)(c3ccccc3)C(C)(C)C)CC2[C@H]1OC(C)=O. The Morgan fingerprint density at radius 1 is 0.759 bits per heavy atom. The van der Waals surface area contributed by atoms with Gasteiger partial charge in [0.05, 0.1) is 0 Å². The van der Waals surface area contributed by atoms with Gasteiger partial charge >= 0.3 is 11.9 Å². The van der Waals surface area contributed by atoms with E-state index in [1.165, 1.54) is 24.2 Å². The maximum atomic E-state index is 14.7. The van der Waals surface area contributed by atoms with Crippen LogP contribution in [0.5, 0.6) is 0 Å². The second kappa shape index (κ2) is 15.9. The summed E-state index contributed by atoms with van der Waals surface area (Å²) in [7, 11) is -4.97. The molecule has 7 nitrogen and oxygen atoms in total. The zero-order chi connectivity index (χ0) is 42.8. The van der Waals surface area contributed by atoms with Gasteiger partial charge in [0.25, 0.3) is 8.32 Å². The first-order valence-electron chi connectivity index (χ1n) is 22.0. The summed E-state index contributed by atoms with van der Waals surface area (Å²) in [6.07, 6.45) is 4.40. The topological polar surface area (TPSA) is 88.1 Å². The van der Waals surface area contributed by atoms with Crippen molar-refractivity contribution in [1.82, 2.24) is 0 Å². The molecule has 11 atom stereocenters. The van der Waals surface area contributed by atoms with Crippen molar-refractivity contribution in [3.8, 4) is 0 Å². The minimum Gasteiger partial charge on any atom is -0.458 e. The second-order valence-corrected chi connectivity index (χ2v) is 30.4. The summed E-state index contributed by atoms with van der Waals surface area (Å²) in [6.45, 7) is 30.1. The van der Waals surface area contributed by atoms with Crippen molar-refractivity contribution in [1.29, 1.82) is 0 Å². The van der Waals surface area contributed by atoms with Crippen LogP contribution in [0.25, 0.3) is 0 Å². The van der Waals surface area contributed by atoms with Crippen LogP contribution < -0.4 is 10.4 Å². The summed E-state index contributed by atoms with van der Waals surface area (Å²) < 4.78 is 27.5. The number of carbonyl (C=O) groups is 3. The van der Waals surface area contributed by atoms with Gasteiger partial charge in [-0.05, 0) is 95.4 Å². The van der Waals surface area contributed by atoms with E-state index in [4.69, 9.17) is 18.3 Å². The van der Waals surface area contributed by atoms with Gasteiger partial charge in [0.15, 0.2) is 14.1 Å². The van der Waals surface area contributed by atoms with Gasteiger partial charge in [0.2, 0.25) is 0 Å². The second-order valence-electron chi connectivity index (χ2n) is 21.4. The molecule has 3 saturated carbocycles. The number of rotatable bonds is 10. The summed E-state index contributed by atoms with van der Waals surface area (Å²) in [4.78, 5) is 41.0. The highest BCUT2D eigenvalue weighted by Crippen LogP contribution is 2.67. The molecule has 0 amide bonds. The highest BCUT2D eigenvalue weighted by Gasteiger charge is 2.68. The monoisotopic (exact) mass is 828 g/mol. The van der Waals surface area contributed by atoms with Crippen molar-refractivity contribution < 1.29 is 32.7 Å². The minimum absolute atomic E-state index is 0.0297. The number of esters is 2. The van der Waals surface area contributed by atoms with E-state index in [1.807, 2.05) is 6.08 Å². The standard InChI is InChI=1S/C49H72O7Si2/c1-31(32(2)55-57(13,14)46(5,6)7)39-30-41(52)43-42-38(26-28-49(39,43)12)48(11)27-25-35(29-40(48)44(53-33(3)50)45(42)54-34(4)51)56-58(47(8,9)10,36-21-17-15-18-22-36)37-23-19-16-20-24-37/h15-24,30-32,35,38,40,42-45H,25-29H2,1-14H3/t31-,32?,35+,38+,40?,42-,43+,44-,45-,48-,49-/m1/s1. The molecule has 0 heterocycles. The van der Waals surface area contributed by atoms with Crippen LogP contribution in [0.2, 0.25) is 23.2 Å². The van der Waals surface area contributed by atoms with Crippen molar-refractivity contribution in [2.45, 2.75) is 163 Å². The quantitative estimate of drug-likeness (QED) is 0.174. The molecule has 2 unspecified atom stereocenters. The maximum Gasteiger partial charge on any atom is 0.303 e. The lowest BCUT2D eigenvalue weighted by Crippen LogP contribution is -2.69. The van der Waals surface area contributed by atoms with Gasteiger partial charge in [-0.15, -0.1) is 0 Å². The lowest BCUT2D eigenvalue weighted by Gasteiger charge is -2.64. The summed E-state index contributed by atoms with van der Waals surface area (Å²) in [5.41, 5.74) is 0.434. The van der Waals surface area contributed by atoms with Gasteiger partial charge in [-0.3, -0.25) is 14.4 Å². The van der Waals surface area contributed by atoms with Crippen molar-refractivity contribution in [3.63, 3.8) is 0 Å². The smallest absolute Gasteiger partial charge is 0.303 e. The third-order valence-corrected chi connectivity index (χ3v) is 25.6. The molecule has 0 aromatic heterocycles. The molecule has 6 rings (SSSR count). The Kier molecular flexibility index (Phi) is 12.2. The Labute approximate surface area is 351 Å². The number of hydrogen-bond acceptors (Lipinski definition) is 7. The van der Waals surface area contributed by atoms with Crippen LogP contribution in [-0.2, 0) is 32.7 Å². The highest BCUT2D eigenvalue weighted by atomic mass is 28.4. The van der Waals surface area contributed by atoms with E-state index >= 15 is 0 Å². The van der Waals surface area contributed by atoms with Crippen molar-refractivity contribution in [2.75, 3.05) is 0 Å². The van der Waals surface area contributed by atoms with E-state index in [1.54, 1.807) is 0 Å². The molecule has 0 saturated heterocycles. The highest BCUT2D eigenvalue weighted by molar-refractivity contribution is 6.99. The van der Waals surface area contributed by atoms with Crippen LogP contribution in [0.4, 0.5) is 0 Å². The number of ketones is 1. The molecule has 318 valence electrons. The van der Waals surface area contributed by atoms with Crippen molar-refractivity contribution >= 4 is 44.7 Å². The number of hydrogen-bond donors (Lipinski definition) is 0. The number of allylic oxidation sites excluding steroid dienone is 1. The Morgan fingerprint density at radius 3 is 1.79 bits per heavy atom. The lowest BCUT2D eigenvalue weighted by atomic mass is 9.43. The number of benzene rings is 2. The molecular formula is C49H72O7Si2. The van der Waals surface area contributed by atoms with Crippen LogP contribution in [0.3, 0.4) is 0 Å². The average Bonchev–Trinajstić information content (AvgIpc) is 3.40. The van der Waals surface area contributed by atoms with Crippen LogP contribution in [0, 0.1) is 40.4 Å². The Bertz CT molecular complexity index is 1820. The third kappa shape index (κ3) is 7.68. The molecule has 58 heavy (non-hydrogen) atoms. The summed E-state index contributed by atoms with van der Waals surface area (Å²) >= 11 is 0. The van der Waals surface area contributed by atoms with Crippen LogP contribution in [-0.4, -0.2) is 58.8 Å². The Balaban J connectivity index is 1.39. The fourth-order valence-corrected chi connectivity index (χ4v) is 18.2. The zero-order valence-corrected chi connectivity index (χ0v) is 39.9. The molecule has 9 heteroatoms. The van der Waals surface area contributed by atoms with Gasteiger partial charge < -0.3 is 18.3 Å². The van der Waals surface area contributed by atoms with Crippen LogP contribution in [0.1, 0.15) is 115 Å². The largest absolute Gasteiger partial charge is 0.458 e. The van der Waals surface area contributed by atoms with E-state index < -0.39 is 52.1 Å². The fraction of sp³-hybridized carbons (Fsp3) is 0.653. The van der Waals surface area contributed by atoms with Crippen molar-refractivity contribution in [3.05, 3.63) is 72.3 Å². The Hall–Kier alpha value is -2.86. The first-order chi connectivity index (χ1) is 26.9. The molecule has 0 aliphatic heterocycles. The summed E-state index contributed by atoms with van der Waals surface area (Å²) in [5, 5.41) is 2.32. The summed E-state index contributed by atoms with van der Waals surface area (Å²) in [5.74, 6) is -1.43. The molecule has 0 radical (unpaired) electrons. The van der Waals surface area contributed by atoms with Gasteiger partial charge in [-0.1, -0.05) is 129 Å². The molecular weight excluding hydrogens is 757 g/mol. The molecule has 2 aromatic rings. The van der Waals surface area contributed by atoms with Gasteiger partial charge in [0, 0.05) is 49.7 Å². The van der Waals surface area contributed by atoms with E-state index in [0.29, 0.717) is 6.42 Å². The molecule has 0 spiro atoms. The normalized spacial score (nSPS) is 32.6. The molecule has 4 aliphatic carbocycles. The maximum absolute atomic E-state index is 14.7. The summed E-state index contributed by atoms with van der Waals surface area (Å²) in [6, 6.07) is 21.5. The number of fused-ring (bicyclic) bond motifs is 5. The predicted molar refractivity (Wildman–Crippen MR) is 237 cm³/mol. The average molecular weight is 829 g/mol. The Morgan fingerprint density at radius 2 is 1.29 bits per heavy atom. The number of ether oxygens (including phenoxy) is 2. The van der Waals surface area contributed by atoms with E-state index in [-0.39, 0.29) is 57.2 Å². The van der Waals surface area contributed by atoms with E-state index in [0.717, 1.165) is 31.3 Å². The van der Waals surface area contributed by atoms with Gasteiger partial charge in [-0.25, -0.2) is 0 Å². The van der Waals surface area contributed by atoms with Gasteiger partial charge in [0.1, 0.15) is 12.2 Å². The molecule has 2 aromatic carbocycles. The zero-order valence-electron chi connectivity index (χ0n) is 37.9. The van der Waals surface area contributed by atoms with E-state index in [2.05, 4.69) is 143 Å². The minimum atomic E-state index is -2.89. The first kappa shape index (κ1) is 44.7. The van der Waals surface area contributed by atoms with Crippen LogP contribution >= 0.6 is 0 Å². The molecule has 0 bridgehead atoms. The fourth-order valence-electron chi connectivity index (χ4n) is 12.0. The van der Waals surface area contributed by atoms with E-state index in [9.17, 15) is 14.4 Å².